The molecule has 4 nitrogen and oxygen atoms in total. The summed E-state index contributed by atoms with van der Waals surface area (Å²) in [7, 11) is 0. The van der Waals surface area contributed by atoms with E-state index in [1.54, 1.807) is 0 Å². The minimum absolute atomic E-state index is 0.145. The molecule has 3 N–H and O–H groups in total. The zero-order valence-corrected chi connectivity index (χ0v) is 9.78. The van der Waals surface area contributed by atoms with Crippen molar-refractivity contribution in [3.05, 3.63) is 0 Å². The van der Waals surface area contributed by atoms with Gasteiger partial charge in [0.15, 0.2) is 0 Å². The van der Waals surface area contributed by atoms with E-state index >= 15 is 0 Å². The van der Waals surface area contributed by atoms with Crippen LogP contribution < -0.4 is 11.1 Å². The van der Waals surface area contributed by atoms with Crippen molar-refractivity contribution in [3.8, 4) is 0 Å². The maximum Gasteiger partial charge on any atom is 0.223 e. The lowest BCUT2D eigenvalue weighted by molar-refractivity contribution is -0.127. The zero-order chi connectivity index (χ0) is 11.4. The summed E-state index contributed by atoms with van der Waals surface area (Å²) >= 11 is 0. The van der Waals surface area contributed by atoms with Gasteiger partial charge in [-0.05, 0) is 32.1 Å². The first-order valence-electron chi connectivity index (χ1n) is 6.39. The molecule has 16 heavy (non-hydrogen) atoms. The van der Waals surface area contributed by atoms with Gasteiger partial charge in [0.2, 0.25) is 5.91 Å². The molecular formula is C12H22N2O2. The molecule has 1 aliphatic carbocycles. The molecule has 0 aromatic carbocycles. The average molecular weight is 226 g/mol. The molecule has 2 unspecified atom stereocenters. The first-order chi connectivity index (χ1) is 7.75. The third kappa shape index (κ3) is 3.19. The molecule has 0 aromatic rings. The summed E-state index contributed by atoms with van der Waals surface area (Å²) in [6, 6.07) is 0.540. The van der Waals surface area contributed by atoms with Crippen LogP contribution in [0.3, 0.4) is 0 Å². The number of rotatable bonds is 2. The second-order valence-electron chi connectivity index (χ2n) is 5.02. The van der Waals surface area contributed by atoms with E-state index in [0.717, 1.165) is 51.7 Å². The molecule has 1 heterocycles. The van der Waals surface area contributed by atoms with E-state index in [9.17, 15) is 4.79 Å². The van der Waals surface area contributed by atoms with Gasteiger partial charge in [0, 0.05) is 31.2 Å². The maximum atomic E-state index is 12.0. The van der Waals surface area contributed by atoms with Crippen LogP contribution in [-0.4, -0.2) is 31.2 Å². The van der Waals surface area contributed by atoms with E-state index in [1.807, 2.05) is 0 Å². The average Bonchev–Trinajstić information content (AvgIpc) is 2.30. The standard InChI is InChI=1S/C12H22N2O2/c13-10-3-1-2-9(8-10)12(15)14-11-4-6-16-7-5-11/h9-11H,1-8,13H2,(H,14,15). The molecular weight excluding hydrogens is 204 g/mol. The van der Waals surface area contributed by atoms with Crippen LogP contribution in [0.4, 0.5) is 0 Å². The van der Waals surface area contributed by atoms with Gasteiger partial charge in [0.25, 0.3) is 0 Å². The Kier molecular flexibility index (Phi) is 4.18. The first kappa shape index (κ1) is 11.9. The highest BCUT2D eigenvalue weighted by molar-refractivity contribution is 5.79. The minimum atomic E-state index is 0.145. The maximum absolute atomic E-state index is 12.0. The van der Waals surface area contributed by atoms with Crippen LogP contribution in [0.2, 0.25) is 0 Å². The molecule has 2 atom stereocenters. The number of carbonyl (C=O) groups is 1. The topological polar surface area (TPSA) is 64.4 Å². The largest absolute Gasteiger partial charge is 0.381 e. The molecule has 2 aliphatic rings. The molecule has 1 amide bonds. The van der Waals surface area contributed by atoms with Gasteiger partial charge in [-0.15, -0.1) is 0 Å². The van der Waals surface area contributed by atoms with Crippen LogP contribution in [0.15, 0.2) is 0 Å². The van der Waals surface area contributed by atoms with Gasteiger partial charge in [-0.3, -0.25) is 4.79 Å². The summed E-state index contributed by atoms with van der Waals surface area (Å²) in [6.07, 6.45) is 5.92. The summed E-state index contributed by atoms with van der Waals surface area (Å²) in [5, 5.41) is 3.13. The van der Waals surface area contributed by atoms with Gasteiger partial charge < -0.3 is 15.8 Å². The summed E-state index contributed by atoms with van der Waals surface area (Å²) in [6.45, 7) is 1.55. The highest BCUT2D eigenvalue weighted by Gasteiger charge is 2.27. The van der Waals surface area contributed by atoms with Crippen molar-refractivity contribution >= 4 is 5.91 Å². The second kappa shape index (κ2) is 5.64. The Balaban J connectivity index is 1.77. The van der Waals surface area contributed by atoms with Crippen LogP contribution >= 0.6 is 0 Å². The molecule has 0 spiro atoms. The quantitative estimate of drug-likeness (QED) is 0.732. The third-order valence-electron chi connectivity index (χ3n) is 3.65. The van der Waals surface area contributed by atoms with Crippen molar-refractivity contribution in [1.29, 1.82) is 0 Å². The predicted molar refractivity (Wildman–Crippen MR) is 61.9 cm³/mol. The van der Waals surface area contributed by atoms with Crippen molar-refractivity contribution in [2.45, 2.75) is 50.6 Å². The molecule has 2 fully saturated rings. The number of amides is 1. The van der Waals surface area contributed by atoms with E-state index < -0.39 is 0 Å². The van der Waals surface area contributed by atoms with E-state index in [4.69, 9.17) is 10.5 Å². The zero-order valence-electron chi connectivity index (χ0n) is 9.78. The van der Waals surface area contributed by atoms with Crippen LogP contribution in [0, 0.1) is 5.92 Å². The fourth-order valence-corrected chi connectivity index (χ4v) is 2.63. The summed E-state index contributed by atoms with van der Waals surface area (Å²) in [5.41, 5.74) is 5.90. The molecule has 2 rings (SSSR count). The normalized spacial score (nSPS) is 32.3. The lowest BCUT2D eigenvalue weighted by atomic mass is 9.85. The van der Waals surface area contributed by atoms with Gasteiger partial charge in [0.05, 0.1) is 0 Å². The van der Waals surface area contributed by atoms with Crippen LogP contribution in [0.25, 0.3) is 0 Å². The Hall–Kier alpha value is -0.610. The molecule has 1 saturated carbocycles. The number of ether oxygens (including phenoxy) is 1. The summed E-state index contributed by atoms with van der Waals surface area (Å²) in [4.78, 5) is 12.0. The highest BCUT2D eigenvalue weighted by atomic mass is 16.5. The molecule has 4 heteroatoms. The SMILES string of the molecule is NC1CCCC(C(=O)NC2CCOCC2)C1. The van der Waals surface area contributed by atoms with Crippen LogP contribution in [0.1, 0.15) is 38.5 Å². The molecule has 0 radical (unpaired) electrons. The van der Waals surface area contributed by atoms with Crippen molar-refractivity contribution in [1.82, 2.24) is 5.32 Å². The Morgan fingerprint density at radius 1 is 1.19 bits per heavy atom. The second-order valence-corrected chi connectivity index (χ2v) is 5.02. The number of nitrogens with two attached hydrogens (primary N) is 1. The Bertz CT molecular complexity index is 239. The van der Waals surface area contributed by atoms with Crippen molar-refractivity contribution in [2.24, 2.45) is 11.7 Å². The molecule has 0 aromatic heterocycles. The number of hydrogen-bond donors (Lipinski definition) is 2. The van der Waals surface area contributed by atoms with Gasteiger partial charge in [0.1, 0.15) is 0 Å². The predicted octanol–water partition coefficient (Wildman–Crippen LogP) is 0.799. The minimum Gasteiger partial charge on any atom is -0.381 e. The molecule has 0 bridgehead atoms. The van der Waals surface area contributed by atoms with E-state index in [1.165, 1.54) is 0 Å². The van der Waals surface area contributed by atoms with Crippen molar-refractivity contribution in [2.75, 3.05) is 13.2 Å². The molecule has 92 valence electrons. The van der Waals surface area contributed by atoms with E-state index in [2.05, 4.69) is 5.32 Å². The third-order valence-corrected chi connectivity index (χ3v) is 3.65. The van der Waals surface area contributed by atoms with Crippen molar-refractivity contribution in [3.63, 3.8) is 0 Å². The number of nitrogens with one attached hydrogen (secondary N) is 1. The van der Waals surface area contributed by atoms with Gasteiger partial charge in [-0.2, -0.15) is 0 Å². The fourth-order valence-electron chi connectivity index (χ4n) is 2.63. The van der Waals surface area contributed by atoms with Crippen molar-refractivity contribution < 1.29 is 9.53 Å². The summed E-state index contributed by atoms with van der Waals surface area (Å²) in [5.74, 6) is 0.355. The smallest absolute Gasteiger partial charge is 0.223 e. The monoisotopic (exact) mass is 226 g/mol. The Labute approximate surface area is 96.9 Å². The molecule has 1 saturated heterocycles. The van der Waals surface area contributed by atoms with E-state index in [-0.39, 0.29) is 17.9 Å². The number of hydrogen-bond acceptors (Lipinski definition) is 3. The fraction of sp³-hybridized carbons (Fsp3) is 0.917. The lowest BCUT2D eigenvalue weighted by Gasteiger charge is -2.29. The van der Waals surface area contributed by atoms with Crippen LogP contribution in [-0.2, 0) is 9.53 Å². The summed E-state index contributed by atoms with van der Waals surface area (Å²) < 4.78 is 5.27. The van der Waals surface area contributed by atoms with Gasteiger partial charge in [-0.25, -0.2) is 0 Å². The molecule has 1 aliphatic heterocycles. The Morgan fingerprint density at radius 2 is 1.94 bits per heavy atom. The number of carbonyl (C=O) groups excluding carboxylic acids is 1. The van der Waals surface area contributed by atoms with Crippen LogP contribution in [0.5, 0.6) is 0 Å². The highest BCUT2D eigenvalue weighted by Crippen LogP contribution is 2.23. The lowest BCUT2D eigenvalue weighted by Crippen LogP contribution is -2.44. The van der Waals surface area contributed by atoms with E-state index in [0.29, 0.717) is 6.04 Å². The van der Waals surface area contributed by atoms with Gasteiger partial charge in [-0.1, -0.05) is 6.42 Å². The Morgan fingerprint density at radius 3 is 2.62 bits per heavy atom. The first-order valence-corrected chi connectivity index (χ1v) is 6.39. The van der Waals surface area contributed by atoms with Gasteiger partial charge >= 0.3 is 0 Å².